The number of benzene rings is 2. The van der Waals surface area contributed by atoms with Crippen LogP contribution in [0.5, 0.6) is 5.75 Å². The molecule has 0 aliphatic carbocycles. The molecular weight excluding hydrogens is 314 g/mol. The number of carbonyl (C=O) groups excluding carboxylic acids is 1. The summed E-state index contributed by atoms with van der Waals surface area (Å²) in [7, 11) is 0. The van der Waals surface area contributed by atoms with Crippen LogP contribution >= 0.6 is 0 Å². The van der Waals surface area contributed by atoms with Gasteiger partial charge < -0.3 is 9.67 Å². The number of hydrogen-bond donors (Lipinski definition) is 2. The van der Waals surface area contributed by atoms with Crippen molar-refractivity contribution in [2.45, 2.75) is 13.8 Å². The van der Waals surface area contributed by atoms with Gasteiger partial charge >= 0.3 is 0 Å². The molecule has 3 rings (SSSR count). The van der Waals surface area contributed by atoms with Crippen molar-refractivity contribution in [3.63, 3.8) is 0 Å². The molecule has 2 N–H and O–H groups in total. The van der Waals surface area contributed by atoms with Gasteiger partial charge in [0, 0.05) is 18.0 Å². The lowest BCUT2D eigenvalue weighted by Crippen LogP contribution is -2.21. The standard InChI is InChI=1S/C20H19N3O2/c1-14-9-10-19(24)17(13-14)15(2)21-22-20(25)16-7-3-4-8-18(16)23-11-5-6-12-23/h3-13,24H,1-2H3,(H,22,25)/b21-15+. The maximum Gasteiger partial charge on any atom is 0.273 e. The van der Waals surface area contributed by atoms with Crippen molar-refractivity contribution < 1.29 is 9.90 Å². The second-order valence-electron chi connectivity index (χ2n) is 5.77. The predicted molar refractivity (Wildman–Crippen MR) is 98.3 cm³/mol. The summed E-state index contributed by atoms with van der Waals surface area (Å²) in [5.74, 6) is -0.176. The molecule has 0 fully saturated rings. The van der Waals surface area contributed by atoms with Gasteiger partial charge in [0.1, 0.15) is 5.75 Å². The molecule has 0 aliphatic rings. The van der Waals surface area contributed by atoms with E-state index in [0.717, 1.165) is 11.3 Å². The Kier molecular flexibility index (Phi) is 4.66. The number of carbonyl (C=O) groups is 1. The number of rotatable bonds is 4. The highest BCUT2D eigenvalue weighted by atomic mass is 16.3. The van der Waals surface area contributed by atoms with Crippen LogP contribution in [0, 0.1) is 6.92 Å². The zero-order valence-electron chi connectivity index (χ0n) is 14.1. The van der Waals surface area contributed by atoms with Gasteiger partial charge in [-0.1, -0.05) is 23.8 Å². The van der Waals surface area contributed by atoms with Crippen molar-refractivity contribution in [1.82, 2.24) is 9.99 Å². The van der Waals surface area contributed by atoms with Crippen LogP contribution in [0.4, 0.5) is 0 Å². The van der Waals surface area contributed by atoms with E-state index < -0.39 is 0 Å². The molecule has 1 amide bonds. The lowest BCUT2D eigenvalue weighted by Gasteiger charge is -2.10. The predicted octanol–water partition coefficient (Wildman–Crippen LogP) is 3.65. The number of aromatic nitrogens is 1. The molecule has 126 valence electrons. The summed E-state index contributed by atoms with van der Waals surface area (Å²) in [6, 6.07) is 16.4. The van der Waals surface area contributed by atoms with Gasteiger partial charge in [0.2, 0.25) is 0 Å². The quantitative estimate of drug-likeness (QED) is 0.565. The average Bonchev–Trinajstić information content (AvgIpc) is 3.16. The number of nitrogens with zero attached hydrogens (tertiary/aromatic N) is 2. The van der Waals surface area contributed by atoms with Gasteiger partial charge in [0.05, 0.1) is 17.0 Å². The van der Waals surface area contributed by atoms with Crippen LogP contribution in [0.15, 0.2) is 72.1 Å². The summed E-state index contributed by atoms with van der Waals surface area (Å²) in [6.45, 7) is 3.68. The Bertz CT molecular complexity index is 928. The van der Waals surface area contributed by atoms with E-state index in [0.29, 0.717) is 16.8 Å². The Labute approximate surface area is 146 Å². The van der Waals surface area contributed by atoms with Gasteiger partial charge in [-0.25, -0.2) is 5.43 Å². The van der Waals surface area contributed by atoms with Crippen LogP contribution in [0.3, 0.4) is 0 Å². The minimum Gasteiger partial charge on any atom is -0.507 e. The number of amides is 1. The first-order chi connectivity index (χ1) is 12.1. The molecule has 0 unspecified atom stereocenters. The molecule has 1 heterocycles. The van der Waals surface area contributed by atoms with Gasteiger partial charge in [-0.05, 0) is 50.2 Å². The minimum absolute atomic E-state index is 0.133. The average molecular weight is 333 g/mol. The Balaban J connectivity index is 1.85. The van der Waals surface area contributed by atoms with Gasteiger partial charge in [0.25, 0.3) is 5.91 Å². The van der Waals surface area contributed by atoms with Crippen LogP contribution in [0.2, 0.25) is 0 Å². The third-order valence-corrected chi connectivity index (χ3v) is 3.90. The minimum atomic E-state index is -0.309. The molecule has 1 aromatic heterocycles. The first kappa shape index (κ1) is 16.5. The van der Waals surface area contributed by atoms with E-state index in [1.807, 2.05) is 66.3 Å². The van der Waals surface area contributed by atoms with Crippen LogP contribution < -0.4 is 5.43 Å². The molecule has 0 saturated heterocycles. The molecule has 5 nitrogen and oxygen atoms in total. The van der Waals surface area contributed by atoms with Crippen molar-refractivity contribution in [3.8, 4) is 11.4 Å². The second kappa shape index (κ2) is 7.05. The van der Waals surface area contributed by atoms with E-state index in [4.69, 9.17) is 0 Å². The van der Waals surface area contributed by atoms with Crippen molar-refractivity contribution in [2.75, 3.05) is 0 Å². The Morgan fingerprint density at radius 3 is 2.52 bits per heavy atom. The summed E-state index contributed by atoms with van der Waals surface area (Å²) in [6.07, 6.45) is 3.76. The van der Waals surface area contributed by atoms with Crippen molar-refractivity contribution in [1.29, 1.82) is 0 Å². The molecular formula is C20H19N3O2. The molecule has 0 bridgehead atoms. The normalized spacial score (nSPS) is 11.4. The van der Waals surface area contributed by atoms with Crippen LogP contribution in [0.25, 0.3) is 5.69 Å². The van der Waals surface area contributed by atoms with E-state index in [1.165, 1.54) is 0 Å². The molecule has 0 spiro atoms. The topological polar surface area (TPSA) is 66.6 Å². The third kappa shape index (κ3) is 3.61. The molecule has 0 atom stereocenters. The smallest absolute Gasteiger partial charge is 0.273 e. The number of phenols is 1. The van der Waals surface area contributed by atoms with E-state index >= 15 is 0 Å². The highest BCUT2D eigenvalue weighted by Crippen LogP contribution is 2.19. The van der Waals surface area contributed by atoms with E-state index in [1.54, 1.807) is 19.1 Å². The number of hydrazone groups is 1. The van der Waals surface area contributed by atoms with Crippen molar-refractivity contribution >= 4 is 11.6 Å². The zero-order valence-corrected chi connectivity index (χ0v) is 14.1. The van der Waals surface area contributed by atoms with Crippen LogP contribution in [-0.4, -0.2) is 21.3 Å². The number of nitrogens with one attached hydrogen (secondary N) is 1. The first-order valence-corrected chi connectivity index (χ1v) is 7.93. The SMILES string of the molecule is C/C(=N\NC(=O)c1ccccc1-n1cccc1)c1cc(C)ccc1O. The Morgan fingerprint density at radius 1 is 1.04 bits per heavy atom. The summed E-state index contributed by atoms with van der Waals surface area (Å²) >= 11 is 0. The lowest BCUT2D eigenvalue weighted by atomic mass is 10.1. The number of phenolic OH excluding ortho intramolecular Hbond substituents is 1. The van der Waals surface area contributed by atoms with Crippen LogP contribution in [0.1, 0.15) is 28.4 Å². The highest BCUT2D eigenvalue weighted by molar-refractivity contribution is 6.03. The largest absolute Gasteiger partial charge is 0.507 e. The second-order valence-corrected chi connectivity index (χ2v) is 5.77. The summed E-state index contributed by atoms with van der Waals surface area (Å²) < 4.78 is 1.87. The fourth-order valence-corrected chi connectivity index (χ4v) is 2.58. The lowest BCUT2D eigenvalue weighted by molar-refractivity contribution is 0.0955. The summed E-state index contributed by atoms with van der Waals surface area (Å²) in [5, 5.41) is 14.1. The maximum absolute atomic E-state index is 12.6. The first-order valence-electron chi connectivity index (χ1n) is 7.93. The van der Waals surface area contributed by atoms with Gasteiger partial charge in [-0.15, -0.1) is 0 Å². The molecule has 25 heavy (non-hydrogen) atoms. The van der Waals surface area contributed by atoms with Crippen molar-refractivity contribution in [3.05, 3.63) is 83.7 Å². The zero-order chi connectivity index (χ0) is 17.8. The number of aromatic hydroxyl groups is 1. The number of aryl methyl sites for hydroxylation is 1. The molecule has 0 radical (unpaired) electrons. The molecule has 3 aromatic rings. The van der Waals surface area contributed by atoms with E-state index in [9.17, 15) is 9.90 Å². The van der Waals surface area contributed by atoms with Crippen molar-refractivity contribution in [2.24, 2.45) is 5.10 Å². The number of hydrogen-bond acceptors (Lipinski definition) is 3. The molecule has 0 saturated carbocycles. The fraction of sp³-hybridized carbons (Fsp3) is 0.100. The maximum atomic E-state index is 12.6. The van der Waals surface area contributed by atoms with E-state index in [-0.39, 0.29) is 11.7 Å². The highest BCUT2D eigenvalue weighted by Gasteiger charge is 2.12. The monoisotopic (exact) mass is 333 g/mol. The Hall–Kier alpha value is -3.34. The number of para-hydroxylation sites is 1. The summed E-state index contributed by atoms with van der Waals surface area (Å²) in [5.41, 5.74) is 6.00. The molecule has 0 aliphatic heterocycles. The fourth-order valence-electron chi connectivity index (χ4n) is 2.58. The molecule has 2 aromatic carbocycles. The van der Waals surface area contributed by atoms with Crippen LogP contribution in [-0.2, 0) is 0 Å². The van der Waals surface area contributed by atoms with E-state index in [2.05, 4.69) is 10.5 Å². The van der Waals surface area contributed by atoms with Gasteiger partial charge in [-0.2, -0.15) is 5.10 Å². The molecule has 5 heteroatoms. The Morgan fingerprint density at radius 2 is 1.76 bits per heavy atom. The third-order valence-electron chi connectivity index (χ3n) is 3.90. The summed E-state index contributed by atoms with van der Waals surface area (Å²) in [4.78, 5) is 12.6. The van der Waals surface area contributed by atoms with Gasteiger partial charge in [0.15, 0.2) is 0 Å². The van der Waals surface area contributed by atoms with Gasteiger partial charge in [-0.3, -0.25) is 4.79 Å².